The molecule has 0 radical (unpaired) electrons. The fourth-order valence-corrected chi connectivity index (χ4v) is 3.01. The Balaban J connectivity index is 1.81. The standard InChI is InChI=1S/C15H18O2S/c1-2-3-9-15(16-11-12-17-15)10-13-18-14-7-5-4-6-8-14/h1,4-8H,3,9-13H2. The maximum atomic E-state index is 5.75. The van der Waals surface area contributed by atoms with Gasteiger partial charge in [-0.05, 0) is 12.1 Å². The molecule has 0 bridgehead atoms. The van der Waals surface area contributed by atoms with E-state index in [9.17, 15) is 0 Å². The molecule has 1 aromatic rings. The lowest BCUT2D eigenvalue weighted by atomic mass is 10.1. The molecule has 1 saturated heterocycles. The van der Waals surface area contributed by atoms with Crippen LogP contribution in [0.1, 0.15) is 19.3 Å². The first-order chi connectivity index (χ1) is 8.85. The van der Waals surface area contributed by atoms with Gasteiger partial charge in [0.05, 0.1) is 13.2 Å². The van der Waals surface area contributed by atoms with Gasteiger partial charge in [0.2, 0.25) is 0 Å². The molecule has 18 heavy (non-hydrogen) atoms. The molecule has 96 valence electrons. The van der Waals surface area contributed by atoms with Gasteiger partial charge in [0.1, 0.15) is 0 Å². The zero-order chi connectivity index (χ0) is 12.7. The number of thioether (sulfide) groups is 1. The first kappa shape index (κ1) is 13.5. The average Bonchev–Trinajstić information content (AvgIpc) is 2.87. The fraction of sp³-hybridized carbons (Fsp3) is 0.467. The van der Waals surface area contributed by atoms with Crippen LogP contribution in [0.15, 0.2) is 35.2 Å². The smallest absolute Gasteiger partial charge is 0.170 e. The molecule has 1 heterocycles. The van der Waals surface area contributed by atoms with E-state index < -0.39 is 5.79 Å². The molecular formula is C15H18O2S. The summed E-state index contributed by atoms with van der Waals surface area (Å²) in [5.74, 6) is 3.21. The molecule has 1 aliphatic heterocycles. The second kappa shape index (κ2) is 6.84. The number of hydrogen-bond acceptors (Lipinski definition) is 3. The molecule has 1 fully saturated rings. The van der Waals surface area contributed by atoms with Gasteiger partial charge in [-0.15, -0.1) is 24.1 Å². The Morgan fingerprint density at radius 1 is 1.17 bits per heavy atom. The number of hydrogen-bond donors (Lipinski definition) is 0. The number of benzene rings is 1. The normalized spacial score (nSPS) is 17.5. The van der Waals surface area contributed by atoms with Gasteiger partial charge in [-0.1, -0.05) is 18.2 Å². The molecule has 3 heteroatoms. The van der Waals surface area contributed by atoms with E-state index in [1.54, 1.807) is 0 Å². The van der Waals surface area contributed by atoms with Crippen molar-refractivity contribution in [1.29, 1.82) is 0 Å². The summed E-state index contributed by atoms with van der Waals surface area (Å²) >= 11 is 1.83. The summed E-state index contributed by atoms with van der Waals surface area (Å²) < 4.78 is 11.5. The zero-order valence-corrected chi connectivity index (χ0v) is 11.2. The molecule has 1 aromatic carbocycles. The second-order valence-corrected chi connectivity index (χ2v) is 5.39. The molecule has 0 atom stereocenters. The average molecular weight is 262 g/mol. The fourth-order valence-electron chi connectivity index (χ4n) is 2.01. The van der Waals surface area contributed by atoms with E-state index in [1.807, 2.05) is 17.8 Å². The van der Waals surface area contributed by atoms with Gasteiger partial charge >= 0.3 is 0 Å². The number of ether oxygens (including phenoxy) is 2. The molecule has 0 spiro atoms. The lowest BCUT2D eigenvalue weighted by Crippen LogP contribution is -2.30. The van der Waals surface area contributed by atoms with Gasteiger partial charge in [0, 0.05) is 29.9 Å². The van der Waals surface area contributed by atoms with Gasteiger partial charge in [0.25, 0.3) is 0 Å². The van der Waals surface area contributed by atoms with Crippen LogP contribution in [-0.4, -0.2) is 24.8 Å². The molecule has 0 aliphatic carbocycles. The maximum Gasteiger partial charge on any atom is 0.170 e. The van der Waals surface area contributed by atoms with Crippen LogP contribution >= 0.6 is 11.8 Å². The highest BCUT2D eigenvalue weighted by atomic mass is 32.2. The van der Waals surface area contributed by atoms with Crippen molar-refractivity contribution in [3.05, 3.63) is 30.3 Å². The predicted octanol–water partition coefficient (Wildman–Crippen LogP) is 3.33. The molecule has 1 aliphatic rings. The monoisotopic (exact) mass is 262 g/mol. The van der Waals surface area contributed by atoms with Crippen molar-refractivity contribution in [2.24, 2.45) is 0 Å². The van der Waals surface area contributed by atoms with Crippen molar-refractivity contribution in [3.8, 4) is 12.3 Å². The van der Waals surface area contributed by atoms with E-state index in [4.69, 9.17) is 15.9 Å². The summed E-state index contributed by atoms with van der Waals surface area (Å²) in [5, 5.41) is 0. The van der Waals surface area contributed by atoms with E-state index in [1.165, 1.54) is 4.90 Å². The van der Waals surface area contributed by atoms with Crippen molar-refractivity contribution < 1.29 is 9.47 Å². The van der Waals surface area contributed by atoms with Gasteiger partial charge in [-0.2, -0.15) is 0 Å². The molecular weight excluding hydrogens is 244 g/mol. The highest BCUT2D eigenvalue weighted by molar-refractivity contribution is 7.99. The van der Waals surface area contributed by atoms with E-state index in [0.717, 1.165) is 18.6 Å². The Hall–Kier alpha value is -0.950. The van der Waals surface area contributed by atoms with Crippen LogP contribution < -0.4 is 0 Å². The van der Waals surface area contributed by atoms with Crippen LogP contribution in [0, 0.1) is 12.3 Å². The van der Waals surface area contributed by atoms with Gasteiger partial charge in [-0.25, -0.2) is 0 Å². The highest BCUT2D eigenvalue weighted by Gasteiger charge is 2.35. The third-order valence-corrected chi connectivity index (χ3v) is 3.97. The molecule has 0 aromatic heterocycles. The van der Waals surface area contributed by atoms with Gasteiger partial charge < -0.3 is 9.47 Å². The van der Waals surface area contributed by atoms with Crippen molar-refractivity contribution in [2.75, 3.05) is 19.0 Å². The van der Waals surface area contributed by atoms with Crippen LogP contribution in [0.3, 0.4) is 0 Å². The van der Waals surface area contributed by atoms with Crippen molar-refractivity contribution in [2.45, 2.75) is 29.9 Å². The van der Waals surface area contributed by atoms with E-state index in [0.29, 0.717) is 19.6 Å². The molecule has 2 rings (SSSR count). The first-order valence-electron chi connectivity index (χ1n) is 6.24. The third-order valence-electron chi connectivity index (χ3n) is 2.96. The van der Waals surface area contributed by atoms with Crippen molar-refractivity contribution in [1.82, 2.24) is 0 Å². The minimum Gasteiger partial charge on any atom is -0.347 e. The van der Waals surface area contributed by atoms with Crippen molar-refractivity contribution >= 4 is 11.8 Å². The van der Waals surface area contributed by atoms with E-state index in [-0.39, 0.29) is 0 Å². The Labute approximate surface area is 113 Å². The number of rotatable bonds is 6. The quantitative estimate of drug-likeness (QED) is 0.579. The van der Waals surface area contributed by atoms with E-state index >= 15 is 0 Å². The minimum atomic E-state index is -0.436. The maximum absolute atomic E-state index is 5.75. The predicted molar refractivity (Wildman–Crippen MR) is 74.5 cm³/mol. The van der Waals surface area contributed by atoms with Crippen LogP contribution in [0.2, 0.25) is 0 Å². The van der Waals surface area contributed by atoms with Gasteiger partial charge in [0.15, 0.2) is 5.79 Å². The van der Waals surface area contributed by atoms with Crippen LogP contribution in [0.25, 0.3) is 0 Å². The Bertz CT molecular complexity index is 391. The minimum absolute atomic E-state index is 0.436. The summed E-state index contributed by atoms with van der Waals surface area (Å²) in [7, 11) is 0. The Morgan fingerprint density at radius 3 is 2.56 bits per heavy atom. The Kier molecular flexibility index (Phi) is 5.12. The summed E-state index contributed by atoms with van der Waals surface area (Å²) in [4.78, 5) is 1.28. The van der Waals surface area contributed by atoms with E-state index in [2.05, 4.69) is 30.2 Å². The number of terminal acetylenes is 1. The van der Waals surface area contributed by atoms with Gasteiger partial charge in [-0.3, -0.25) is 0 Å². The molecule has 0 N–H and O–H groups in total. The lowest BCUT2D eigenvalue weighted by Gasteiger charge is -2.26. The lowest BCUT2D eigenvalue weighted by molar-refractivity contribution is -0.161. The van der Waals surface area contributed by atoms with Crippen LogP contribution in [-0.2, 0) is 9.47 Å². The van der Waals surface area contributed by atoms with Crippen molar-refractivity contribution in [3.63, 3.8) is 0 Å². The highest BCUT2D eigenvalue weighted by Crippen LogP contribution is 2.31. The molecule has 2 nitrogen and oxygen atoms in total. The summed E-state index contributed by atoms with van der Waals surface area (Å²) in [6, 6.07) is 10.4. The SMILES string of the molecule is C#CCCC1(CCSc2ccccc2)OCCO1. The summed E-state index contributed by atoms with van der Waals surface area (Å²) in [6.45, 7) is 1.36. The Morgan fingerprint density at radius 2 is 1.89 bits per heavy atom. The van der Waals surface area contributed by atoms with Crippen LogP contribution in [0.4, 0.5) is 0 Å². The third kappa shape index (κ3) is 3.78. The molecule has 0 saturated carbocycles. The first-order valence-corrected chi connectivity index (χ1v) is 7.22. The molecule has 0 amide bonds. The second-order valence-electron chi connectivity index (χ2n) is 4.22. The molecule has 0 unspecified atom stereocenters. The topological polar surface area (TPSA) is 18.5 Å². The summed E-state index contributed by atoms with van der Waals surface area (Å²) in [5.41, 5.74) is 0. The largest absolute Gasteiger partial charge is 0.347 e. The van der Waals surface area contributed by atoms with Crippen LogP contribution in [0.5, 0.6) is 0 Å². The zero-order valence-electron chi connectivity index (χ0n) is 10.4. The summed E-state index contributed by atoms with van der Waals surface area (Å²) in [6.07, 6.45) is 7.70.